The molecule has 13 heteroatoms. The SMILES string of the molecule is Cl.NCCS.O=C(CCCS)CCCNC(=O)c1cccnc1.O=C(O)CCCNC(=O)c1cccnc1. The fourth-order valence-electron chi connectivity index (χ4n) is 2.53. The normalized spacial score (nSPS) is 9.34. The van der Waals surface area contributed by atoms with Crippen molar-refractivity contribution in [3.63, 3.8) is 0 Å². The summed E-state index contributed by atoms with van der Waals surface area (Å²) >= 11 is 7.85. The Morgan fingerprint density at radius 2 is 1.24 bits per heavy atom. The molecule has 0 aromatic carbocycles. The smallest absolute Gasteiger partial charge is 0.303 e. The van der Waals surface area contributed by atoms with Crippen molar-refractivity contribution in [2.24, 2.45) is 5.73 Å². The number of ketones is 1. The standard InChI is InChI=1S/C13H18N2O2S.C10H12N2O3.C2H7NS.ClH/c16-12(6-3-9-18)5-2-8-15-13(17)11-4-1-7-14-10-11;13-9(14)4-2-6-12-10(15)8-3-1-5-11-7-8;3-1-2-4;/h1,4,7,10,18H,2-3,5-6,8-9H2,(H,15,17);1,3,5,7H,2,4,6H2,(H,12,15)(H,13,14);4H,1-3H2;1H. The van der Waals surface area contributed by atoms with Gasteiger partial charge in [0.2, 0.25) is 0 Å². The van der Waals surface area contributed by atoms with Gasteiger partial charge in [-0.15, -0.1) is 12.4 Å². The van der Waals surface area contributed by atoms with E-state index in [1.165, 1.54) is 12.4 Å². The maximum atomic E-state index is 11.6. The highest BCUT2D eigenvalue weighted by Crippen LogP contribution is 2.00. The molecule has 0 aliphatic heterocycles. The fraction of sp³-hybridized carbons (Fsp3) is 0.440. The molecule has 0 aliphatic carbocycles. The lowest BCUT2D eigenvalue weighted by molar-refractivity contribution is -0.137. The van der Waals surface area contributed by atoms with Crippen molar-refractivity contribution in [2.75, 3.05) is 31.1 Å². The number of carboxylic acids is 1. The van der Waals surface area contributed by atoms with Gasteiger partial charge in [0.05, 0.1) is 11.1 Å². The predicted octanol–water partition coefficient (Wildman–Crippen LogP) is 2.84. The molecule has 2 heterocycles. The molecule has 2 aromatic heterocycles. The van der Waals surface area contributed by atoms with Gasteiger partial charge in [0.15, 0.2) is 0 Å². The molecule has 0 bridgehead atoms. The predicted molar refractivity (Wildman–Crippen MR) is 157 cm³/mol. The first kappa shape index (κ1) is 37.5. The summed E-state index contributed by atoms with van der Waals surface area (Å²) in [5.74, 6) is 0.536. The van der Waals surface area contributed by atoms with Gasteiger partial charge < -0.3 is 21.5 Å². The molecule has 212 valence electrons. The number of carbonyl (C=O) groups is 4. The van der Waals surface area contributed by atoms with E-state index < -0.39 is 5.97 Å². The lowest BCUT2D eigenvalue weighted by Crippen LogP contribution is -2.24. The van der Waals surface area contributed by atoms with E-state index in [2.05, 4.69) is 45.9 Å². The molecule has 0 unspecified atom stereocenters. The lowest BCUT2D eigenvalue weighted by atomic mass is 10.1. The molecule has 2 aromatic rings. The van der Waals surface area contributed by atoms with Crippen LogP contribution in [0.1, 0.15) is 59.2 Å². The van der Waals surface area contributed by atoms with Gasteiger partial charge in [-0.2, -0.15) is 25.3 Å². The molecule has 0 saturated heterocycles. The number of amides is 2. The molecule has 2 amide bonds. The van der Waals surface area contributed by atoms with Crippen molar-refractivity contribution in [1.29, 1.82) is 0 Å². The summed E-state index contributed by atoms with van der Waals surface area (Å²) < 4.78 is 0. The molecule has 0 fully saturated rings. The van der Waals surface area contributed by atoms with Crippen LogP contribution in [0, 0.1) is 0 Å². The van der Waals surface area contributed by atoms with Crippen LogP contribution in [0.2, 0.25) is 0 Å². The zero-order chi connectivity index (χ0) is 27.7. The molecule has 0 aliphatic rings. The number of aromatic nitrogens is 2. The average molecular weight is 588 g/mol. The molecule has 10 nitrogen and oxygen atoms in total. The Morgan fingerprint density at radius 1 is 0.789 bits per heavy atom. The molecule has 38 heavy (non-hydrogen) atoms. The first-order valence-corrected chi connectivity index (χ1v) is 13.1. The van der Waals surface area contributed by atoms with Crippen LogP contribution >= 0.6 is 37.7 Å². The van der Waals surface area contributed by atoms with E-state index in [1.807, 2.05) is 0 Å². The number of carboxylic acid groups (broad SMARTS) is 1. The Labute approximate surface area is 241 Å². The number of thiol groups is 2. The van der Waals surface area contributed by atoms with E-state index in [4.69, 9.17) is 10.8 Å². The summed E-state index contributed by atoms with van der Waals surface area (Å²) in [5, 5.41) is 13.7. The van der Waals surface area contributed by atoms with E-state index in [9.17, 15) is 19.2 Å². The van der Waals surface area contributed by atoms with Crippen molar-refractivity contribution in [3.05, 3.63) is 60.2 Å². The van der Waals surface area contributed by atoms with Gasteiger partial charge in [-0.05, 0) is 49.3 Å². The number of nitrogens with two attached hydrogens (primary N) is 1. The molecular formula is C25H38ClN5O5S2. The fourth-order valence-corrected chi connectivity index (χ4v) is 2.69. The van der Waals surface area contributed by atoms with Crippen molar-refractivity contribution >= 4 is 61.2 Å². The summed E-state index contributed by atoms with van der Waals surface area (Å²) in [6.07, 6.45) is 9.29. The molecule has 0 saturated carbocycles. The number of pyridine rings is 2. The van der Waals surface area contributed by atoms with Crippen molar-refractivity contribution in [3.8, 4) is 0 Å². The van der Waals surface area contributed by atoms with Crippen LogP contribution in [0.3, 0.4) is 0 Å². The minimum Gasteiger partial charge on any atom is -0.481 e. The molecule has 5 N–H and O–H groups in total. The number of nitrogens with one attached hydrogen (secondary N) is 2. The highest BCUT2D eigenvalue weighted by molar-refractivity contribution is 7.80. The number of aliphatic carboxylic acids is 1. The van der Waals surface area contributed by atoms with Gasteiger partial charge in [-0.3, -0.25) is 29.1 Å². The number of carbonyl (C=O) groups excluding carboxylic acids is 3. The summed E-state index contributed by atoms with van der Waals surface area (Å²) in [7, 11) is 0. The first-order valence-electron chi connectivity index (χ1n) is 11.9. The number of nitrogens with zero attached hydrogens (tertiary/aromatic N) is 2. The number of halogens is 1. The minimum atomic E-state index is -0.856. The van der Waals surface area contributed by atoms with Gasteiger partial charge in [0, 0.05) is 69.4 Å². The maximum Gasteiger partial charge on any atom is 0.303 e. The third-order valence-corrected chi connectivity index (χ3v) is 4.94. The van der Waals surface area contributed by atoms with Crippen LogP contribution in [0.15, 0.2) is 49.1 Å². The molecule has 0 radical (unpaired) electrons. The van der Waals surface area contributed by atoms with Gasteiger partial charge >= 0.3 is 5.97 Å². The first-order chi connectivity index (χ1) is 17.8. The highest BCUT2D eigenvalue weighted by Gasteiger charge is 2.06. The van der Waals surface area contributed by atoms with E-state index in [-0.39, 0.29) is 36.4 Å². The number of hydrogen-bond donors (Lipinski definition) is 6. The topological polar surface area (TPSA) is 164 Å². The Balaban J connectivity index is 0. The highest BCUT2D eigenvalue weighted by atomic mass is 35.5. The van der Waals surface area contributed by atoms with Gasteiger partial charge in [-0.25, -0.2) is 0 Å². The summed E-state index contributed by atoms with van der Waals surface area (Å²) in [6.45, 7) is 1.56. The molecule has 2 rings (SSSR count). The van der Waals surface area contributed by atoms with E-state index >= 15 is 0 Å². The minimum absolute atomic E-state index is 0. The number of hydrogen-bond acceptors (Lipinski definition) is 9. The zero-order valence-corrected chi connectivity index (χ0v) is 23.9. The van der Waals surface area contributed by atoms with Crippen LogP contribution in [-0.2, 0) is 9.59 Å². The Morgan fingerprint density at radius 3 is 1.61 bits per heavy atom. The monoisotopic (exact) mass is 587 g/mol. The van der Waals surface area contributed by atoms with Gasteiger partial charge in [0.25, 0.3) is 11.8 Å². The largest absolute Gasteiger partial charge is 0.481 e. The zero-order valence-electron chi connectivity index (χ0n) is 21.3. The Hall–Kier alpha value is -2.67. The molecular weight excluding hydrogens is 550 g/mol. The third kappa shape index (κ3) is 21.4. The molecule has 0 atom stereocenters. The summed E-state index contributed by atoms with van der Waals surface area (Å²) in [6, 6.07) is 6.75. The maximum absolute atomic E-state index is 11.6. The van der Waals surface area contributed by atoms with Gasteiger partial charge in [0.1, 0.15) is 5.78 Å². The average Bonchev–Trinajstić information content (AvgIpc) is 2.93. The Bertz CT molecular complexity index is 910. The van der Waals surface area contributed by atoms with Crippen LogP contribution in [0.25, 0.3) is 0 Å². The van der Waals surface area contributed by atoms with E-state index in [1.54, 1.807) is 36.7 Å². The van der Waals surface area contributed by atoms with Crippen molar-refractivity contribution in [2.45, 2.75) is 38.5 Å². The number of Topliss-reactive ketones (excluding diaryl/α,β-unsaturated/α-hetero) is 1. The van der Waals surface area contributed by atoms with Crippen LogP contribution in [-0.4, -0.2) is 69.8 Å². The quantitative estimate of drug-likeness (QED) is 0.145. The van der Waals surface area contributed by atoms with Crippen molar-refractivity contribution in [1.82, 2.24) is 20.6 Å². The summed E-state index contributed by atoms with van der Waals surface area (Å²) in [4.78, 5) is 52.2. The second kappa shape index (κ2) is 26.0. The van der Waals surface area contributed by atoms with Gasteiger partial charge in [-0.1, -0.05) is 0 Å². The van der Waals surface area contributed by atoms with E-state index in [0.29, 0.717) is 56.4 Å². The second-order valence-electron chi connectivity index (χ2n) is 7.47. The Kier molecular flexibility index (Phi) is 25.6. The third-order valence-electron chi connectivity index (χ3n) is 4.36. The van der Waals surface area contributed by atoms with Crippen LogP contribution in [0.5, 0.6) is 0 Å². The molecule has 0 spiro atoms. The number of rotatable bonds is 14. The summed E-state index contributed by atoms with van der Waals surface area (Å²) in [5.41, 5.74) is 5.97. The lowest BCUT2D eigenvalue weighted by Gasteiger charge is -2.04. The second-order valence-corrected chi connectivity index (χ2v) is 8.37. The van der Waals surface area contributed by atoms with E-state index in [0.717, 1.165) is 17.9 Å². The van der Waals surface area contributed by atoms with Crippen molar-refractivity contribution < 1.29 is 24.3 Å². The van der Waals surface area contributed by atoms with Crippen LogP contribution in [0.4, 0.5) is 0 Å². The van der Waals surface area contributed by atoms with Crippen LogP contribution < -0.4 is 16.4 Å².